The Morgan fingerprint density at radius 1 is 1.19 bits per heavy atom. The summed E-state index contributed by atoms with van der Waals surface area (Å²) in [7, 11) is 2.11. The topological polar surface area (TPSA) is 49.6 Å². The van der Waals surface area contributed by atoms with E-state index < -0.39 is 11.6 Å². The van der Waals surface area contributed by atoms with Crippen LogP contribution < -0.4 is 0 Å². The van der Waals surface area contributed by atoms with E-state index in [2.05, 4.69) is 16.9 Å². The molecule has 4 rings (SSSR count). The smallest absolute Gasteiger partial charge is 0.226 e. The fourth-order valence-electron chi connectivity index (χ4n) is 3.85. The predicted octanol–water partition coefficient (Wildman–Crippen LogP) is 3.24. The number of carbonyl (C=O) groups excluding carboxylic acids is 1. The standard InChI is InChI=1S/C20H23F2N3O2/c1-24-5-2-13(3-6-24)8-19(26)25-7-4-18-17(12-25)23-20(27-18)14-9-15(21)11-16(22)10-14/h9-11,13H,2-8,12H2,1H3. The summed E-state index contributed by atoms with van der Waals surface area (Å²) < 4.78 is 32.6. The summed E-state index contributed by atoms with van der Waals surface area (Å²) in [5.74, 6) is 0.142. The van der Waals surface area contributed by atoms with Crippen molar-refractivity contribution in [3.63, 3.8) is 0 Å². The number of halogens is 2. The largest absolute Gasteiger partial charge is 0.441 e. The molecule has 1 amide bonds. The van der Waals surface area contributed by atoms with E-state index in [-0.39, 0.29) is 17.4 Å². The van der Waals surface area contributed by atoms with Crippen LogP contribution in [-0.2, 0) is 17.8 Å². The monoisotopic (exact) mass is 375 g/mol. The molecule has 144 valence electrons. The second-order valence-corrected chi connectivity index (χ2v) is 7.56. The first-order chi connectivity index (χ1) is 13.0. The van der Waals surface area contributed by atoms with Crippen LogP contribution in [0.5, 0.6) is 0 Å². The normalized spacial score (nSPS) is 18.6. The third kappa shape index (κ3) is 4.03. The van der Waals surface area contributed by atoms with Gasteiger partial charge in [0.15, 0.2) is 0 Å². The van der Waals surface area contributed by atoms with E-state index in [0.717, 1.165) is 32.0 Å². The number of rotatable bonds is 3. The lowest BCUT2D eigenvalue weighted by Crippen LogP contribution is -2.38. The Balaban J connectivity index is 1.44. The van der Waals surface area contributed by atoms with E-state index in [1.807, 2.05) is 4.90 Å². The molecule has 1 aromatic carbocycles. The van der Waals surface area contributed by atoms with Gasteiger partial charge in [0.05, 0.1) is 6.54 Å². The Morgan fingerprint density at radius 2 is 1.89 bits per heavy atom. The van der Waals surface area contributed by atoms with Gasteiger partial charge in [-0.1, -0.05) is 0 Å². The van der Waals surface area contributed by atoms with E-state index >= 15 is 0 Å². The van der Waals surface area contributed by atoms with Crippen molar-refractivity contribution in [3.05, 3.63) is 41.3 Å². The fourth-order valence-corrected chi connectivity index (χ4v) is 3.85. The van der Waals surface area contributed by atoms with Crippen molar-refractivity contribution in [1.29, 1.82) is 0 Å². The molecule has 0 bridgehead atoms. The minimum Gasteiger partial charge on any atom is -0.441 e. The minimum atomic E-state index is -0.670. The van der Waals surface area contributed by atoms with Crippen molar-refractivity contribution in [1.82, 2.24) is 14.8 Å². The van der Waals surface area contributed by atoms with Gasteiger partial charge in [-0.2, -0.15) is 0 Å². The van der Waals surface area contributed by atoms with Crippen molar-refractivity contribution in [2.24, 2.45) is 5.92 Å². The zero-order chi connectivity index (χ0) is 19.0. The molecule has 0 unspecified atom stereocenters. The van der Waals surface area contributed by atoms with Gasteiger partial charge in [0.1, 0.15) is 23.1 Å². The van der Waals surface area contributed by atoms with Gasteiger partial charge in [-0.05, 0) is 51.0 Å². The summed E-state index contributed by atoms with van der Waals surface area (Å²) in [6.07, 6.45) is 3.25. The first-order valence-electron chi connectivity index (χ1n) is 9.39. The summed E-state index contributed by atoms with van der Waals surface area (Å²) in [5.41, 5.74) is 0.948. The minimum absolute atomic E-state index is 0.150. The van der Waals surface area contributed by atoms with Crippen molar-refractivity contribution in [2.45, 2.75) is 32.2 Å². The second-order valence-electron chi connectivity index (χ2n) is 7.56. The molecule has 7 heteroatoms. The van der Waals surface area contributed by atoms with Crippen molar-refractivity contribution in [3.8, 4) is 11.5 Å². The SMILES string of the molecule is CN1CCC(CC(=O)N2CCc3oc(-c4cc(F)cc(F)c4)nc3C2)CC1. The van der Waals surface area contributed by atoms with E-state index in [1.54, 1.807) is 0 Å². The number of hydrogen-bond acceptors (Lipinski definition) is 4. The predicted molar refractivity (Wildman–Crippen MR) is 95.8 cm³/mol. The number of fused-ring (bicyclic) bond motifs is 1. The Labute approximate surface area is 157 Å². The maximum atomic E-state index is 13.4. The van der Waals surface area contributed by atoms with Crippen LogP contribution in [0.3, 0.4) is 0 Å². The molecule has 0 radical (unpaired) electrons. The van der Waals surface area contributed by atoms with Gasteiger partial charge in [-0.3, -0.25) is 4.79 Å². The molecule has 0 aliphatic carbocycles. The van der Waals surface area contributed by atoms with Crippen LogP contribution in [-0.4, -0.2) is 47.4 Å². The molecule has 0 spiro atoms. The van der Waals surface area contributed by atoms with Gasteiger partial charge in [-0.15, -0.1) is 0 Å². The van der Waals surface area contributed by atoms with Crippen LogP contribution in [0.2, 0.25) is 0 Å². The van der Waals surface area contributed by atoms with Gasteiger partial charge in [0, 0.05) is 31.0 Å². The molecule has 2 aromatic rings. The highest BCUT2D eigenvalue weighted by Crippen LogP contribution is 2.28. The molecular formula is C20H23F2N3O2. The number of nitrogens with zero attached hydrogens (tertiary/aromatic N) is 3. The Hall–Kier alpha value is -2.28. The van der Waals surface area contributed by atoms with Crippen molar-refractivity contribution < 1.29 is 18.0 Å². The van der Waals surface area contributed by atoms with E-state index in [0.29, 0.717) is 43.3 Å². The first kappa shape index (κ1) is 18.1. The number of benzene rings is 1. The quantitative estimate of drug-likeness (QED) is 0.827. The van der Waals surface area contributed by atoms with E-state index in [9.17, 15) is 13.6 Å². The summed E-state index contributed by atoms with van der Waals surface area (Å²) in [4.78, 5) is 21.2. The van der Waals surface area contributed by atoms with Crippen LogP contribution >= 0.6 is 0 Å². The zero-order valence-electron chi connectivity index (χ0n) is 15.4. The molecule has 3 heterocycles. The molecule has 0 saturated carbocycles. The lowest BCUT2D eigenvalue weighted by molar-refractivity contribution is -0.133. The molecule has 2 aliphatic rings. The van der Waals surface area contributed by atoms with Crippen LogP contribution in [0, 0.1) is 17.6 Å². The Kier molecular flexibility index (Phi) is 4.95. The number of hydrogen-bond donors (Lipinski definition) is 0. The average molecular weight is 375 g/mol. The van der Waals surface area contributed by atoms with Crippen LogP contribution in [0.15, 0.2) is 22.6 Å². The van der Waals surface area contributed by atoms with Crippen molar-refractivity contribution >= 4 is 5.91 Å². The fraction of sp³-hybridized carbons (Fsp3) is 0.500. The molecule has 1 saturated heterocycles. The summed E-state index contributed by atoms with van der Waals surface area (Å²) in [5, 5.41) is 0. The van der Waals surface area contributed by atoms with Crippen LogP contribution in [0.25, 0.3) is 11.5 Å². The average Bonchev–Trinajstić information content (AvgIpc) is 3.06. The molecule has 0 N–H and O–H groups in total. The van der Waals surface area contributed by atoms with Gasteiger partial charge in [0.25, 0.3) is 0 Å². The summed E-state index contributed by atoms with van der Waals surface area (Å²) in [6.45, 7) is 3.06. The van der Waals surface area contributed by atoms with Gasteiger partial charge < -0.3 is 14.2 Å². The number of aromatic nitrogens is 1. The molecule has 5 nitrogen and oxygen atoms in total. The summed E-state index contributed by atoms with van der Waals surface area (Å²) in [6, 6.07) is 3.21. The number of likely N-dealkylation sites (tertiary alicyclic amines) is 1. The lowest BCUT2D eigenvalue weighted by atomic mass is 9.93. The van der Waals surface area contributed by atoms with E-state index in [1.165, 1.54) is 12.1 Å². The highest BCUT2D eigenvalue weighted by molar-refractivity contribution is 5.76. The first-order valence-corrected chi connectivity index (χ1v) is 9.39. The summed E-state index contributed by atoms with van der Waals surface area (Å²) >= 11 is 0. The third-order valence-electron chi connectivity index (χ3n) is 5.49. The molecule has 1 fully saturated rings. The molecule has 27 heavy (non-hydrogen) atoms. The van der Waals surface area contributed by atoms with Gasteiger partial charge in [0.2, 0.25) is 11.8 Å². The lowest BCUT2D eigenvalue weighted by Gasteiger charge is -2.31. The highest BCUT2D eigenvalue weighted by Gasteiger charge is 2.28. The van der Waals surface area contributed by atoms with Crippen LogP contribution in [0.4, 0.5) is 8.78 Å². The molecular weight excluding hydrogens is 352 g/mol. The van der Waals surface area contributed by atoms with Crippen molar-refractivity contribution in [2.75, 3.05) is 26.7 Å². The van der Waals surface area contributed by atoms with Gasteiger partial charge >= 0.3 is 0 Å². The molecule has 0 atom stereocenters. The zero-order valence-corrected chi connectivity index (χ0v) is 15.4. The Morgan fingerprint density at radius 3 is 2.59 bits per heavy atom. The Bertz CT molecular complexity index is 823. The number of carbonyl (C=O) groups is 1. The van der Waals surface area contributed by atoms with Gasteiger partial charge in [-0.25, -0.2) is 13.8 Å². The number of oxazole rings is 1. The number of amides is 1. The molecule has 2 aliphatic heterocycles. The highest BCUT2D eigenvalue weighted by atomic mass is 19.1. The second kappa shape index (κ2) is 7.38. The molecule has 1 aromatic heterocycles. The maximum absolute atomic E-state index is 13.4. The maximum Gasteiger partial charge on any atom is 0.226 e. The third-order valence-corrected chi connectivity index (χ3v) is 5.49. The van der Waals surface area contributed by atoms with E-state index in [4.69, 9.17) is 4.42 Å². The van der Waals surface area contributed by atoms with Crippen LogP contribution in [0.1, 0.15) is 30.7 Å². The number of piperidine rings is 1.